The summed E-state index contributed by atoms with van der Waals surface area (Å²) in [6.45, 7) is 5.58. The standard InChI is InChI=1S/C17H19N3O4S/c1-4-18-17(23)20-15(21)13(12-8-6-5-7-9-12)24-16(22)14-10(2)19-11(3)25-14/h5-9,13H,4H2,1-3H3,(H2,18,20,21,23)/t13-/m1/s1. The second-order valence-corrected chi connectivity index (χ2v) is 6.40. The summed E-state index contributed by atoms with van der Waals surface area (Å²) in [5, 5.41) is 5.37. The summed E-state index contributed by atoms with van der Waals surface area (Å²) in [4.78, 5) is 41.0. The second-order valence-electron chi connectivity index (χ2n) is 5.19. The first kappa shape index (κ1) is 18.6. The van der Waals surface area contributed by atoms with Crippen molar-refractivity contribution in [3.05, 3.63) is 51.5 Å². The smallest absolute Gasteiger partial charge is 0.351 e. The molecule has 1 atom stereocenters. The SMILES string of the molecule is CCNC(=O)NC(=O)[C@H](OC(=O)c1sc(C)nc1C)c1ccccc1. The molecule has 2 rings (SSSR count). The number of rotatable bonds is 5. The molecule has 0 saturated carbocycles. The summed E-state index contributed by atoms with van der Waals surface area (Å²) in [6, 6.07) is 7.88. The number of aryl methyl sites for hydroxylation is 2. The Morgan fingerprint density at radius 2 is 1.88 bits per heavy atom. The predicted octanol–water partition coefficient (Wildman–Crippen LogP) is 2.50. The fourth-order valence-electron chi connectivity index (χ4n) is 2.16. The number of carbonyl (C=O) groups is 3. The van der Waals surface area contributed by atoms with E-state index in [1.807, 2.05) is 0 Å². The predicted molar refractivity (Wildman–Crippen MR) is 93.4 cm³/mol. The van der Waals surface area contributed by atoms with Crippen LogP contribution in [0.4, 0.5) is 4.79 Å². The Morgan fingerprint density at radius 1 is 1.20 bits per heavy atom. The number of nitrogens with one attached hydrogen (secondary N) is 2. The van der Waals surface area contributed by atoms with E-state index in [1.165, 1.54) is 11.3 Å². The number of thiazole rings is 1. The van der Waals surface area contributed by atoms with Crippen molar-refractivity contribution < 1.29 is 19.1 Å². The van der Waals surface area contributed by atoms with E-state index in [0.717, 1.165) is 5.01 Å². The number of nitrogens with zero attached hydrogens (tertiary/aromatic N) is 1. The van der Waals surface area contributed by atoms with Gasteiger partial charge in [-0.3, -0.25) is 10.1 Å². The number of imide groups is 1. The summed E-state index contributed by atoms with van der Waals surface area (Å²) >= 11 is 1.20. The van der Waals surface area contributed by atoms with Gasteiger partial charge in [0.15, 0.2) is 0 Å². The first-order valence-electron chi connectivity index (χ1n) is 7.71. The molecule has 0 fully saturated rings. The highest BCUT2D eigenvalue weighted by Crippen LogP contribution is 2.23. The number of benzene rings is 1. The lowest BCUT2D eigenvalue weighted by Crippen LogP contribution is -2.42. The van der Waals surface area contributed by atoms with Crippen molar-refractivity contribution in [2.75, 3.05) is 6.54 Å². The molecule has 0 aliphatic rings. The third kappa shape index (κ3) is 4.87. The molecule has 25 heavy (non-hydrogen) atoms. The van der Waals surface area contributed by atoms with Crippen LogP contribution in [-0.4, -0.2) is 29.4 Å². The number of urea groups is 1. The fourth-order valence-corrected chi connectivity index (χ4v) is 2.97. The highest BCUT2D eigenvalue weighted by atomic mass is 32.1. The molecule has 2 aromatic rings. The Hall–Kier alpha value is -2.74. The number of aromatic nitrogens is 1. The molecular formula is C17H19N3O4S. The van der Waals surface area contributed by atoms with E-state index in [4.69, 9.17) is 4.74 Å². The average Bonchev–Trinajstić information content (AvgIpc) is 2.91. The molecule has 0 bridgehead atoms. The number of carbonyl (C=O) groups excluding carboxylic acids is 3. The third-order valence-corrected chi connectivity index (χ3v) is 4.28. The molecule has 7 nitrogen and oxygen atoms in total. The van der Waals surface area contributed by atoms with Crippen LogP contribution in [0.3, 0.4) is 0 Å². The van der Waals surface area contributed by atoms with E-state index < -0.39 is 24.0 Å². The van der Waals surface area contributed by atoms with Crippen molar-refractivity contribution in [2.24, 2.45) is 0 Å². The van der Waals surface area contributed by atoms with Crippen molar-refractivity contribution in [3.8, 4) is 0 Å². The first-order chi connectivity index (χ1) is 11.9. The number of amides is 3. The van der Waals surface area contributed by atoms with Crippen molar-refractivity contribution in [1.82, 2.24) is 15.6 Å². The second kappa shape index (κ2) is 8.39. The van der Waals surface area contributed by atoms with Gasteiger partial charge in [0.25, 0.3) is 5.91 Å². The van der Waals surface area contributed by atoms with Gasteiger partial charge in [-0.15, -0.1) is 11.3 Å². The van der Waals surface area contributed by atoms with E-state index in [1.54, 1.807) is 51.1 Å². The Labute approximate surface area is 149 Å². The number of esters is 1. The van der Waals surface area contributed by atoms with E-state index >= 15 is 0 Å². The van der Waals surface area contributed by atoms with E-state index in [0.29, 0.717) is 22.7 Å². The van der Waals surface area contributed by atoms with E-state index in [2.05, 4.69) is 15.6 Å². The third-order valence-electron chi connectivity index (χ3n) is 3.23. The molecule has 1 heterocycles. The molecule has 0 aliphatic carbocycles. The largest absolute Gasteiger partial charge is 0.443 e. The molecule has 0 spiro atoms. The van der Waals surface area contributed by atoms with Crippen molar-refractivity contribution in [2.45, 2.75) is 26.9 Å². The lowest BCUT2D eigenvalue weighted by Gasteiger charge is -2.17. The minimum atomic E-state index is -1.24. The van der Waals surface area contributed by atoms with Crippen molar-refractivity contribution >= 4 is 29.2 Å². The van der Waals surface area contributed by atoms with Crippen LogP contribution in [0.15, 0.2) is 30.3 Å². The molecule has 1 aromatic heterocycles. The number of hydrogen-bond acceptors (Lipinski definition) is 6. The normalized spacial score (nSPS) is 11.5. The topological polar surface area (TPSA) is 97.4 Å². The quantitative estimate of drug-likeness (QED) is 0.798. The molecule has 3 amide bonds. The van der Waals surface area contributed by atoms with Crippen LogP contribution < -0.4 is 10.6 Å². The summed E-state index contributed by atoms with van der Waals surface area (Å²) in [6.07, 6.45) is -1.24. The zero-order chi connectivity index (χ0) is 18.4. The van der Waals surface area contributed by atoms with Crippen LogP contribution in [0, 0.1) is 13.8 Å². The molecule has 8 heteroatoms. The molecule has 0 aliphatic heterocycles. The van der Waals surface area contributed by atoms with Crippen LogP contribution in [0.25, 0.3) is 0 Å². The molecular weight excluding hydrogens is 342 g/mol. The zero-order valence-electron chi connectivity index (χ0n) is 14.2. The van der Waals surface area contributed by atoms with E-state index in [-0.39, 0.29) is 0 Å². The van der Waals surface area contributed by atoms with Gasteiger partial charge in [0.05, 0.1) is 10.7 Å². The number of ether oxygens (including phenoxy) is 1. The highest BCUT2D eigenvalue weighted by Gasteiger charge is 2.28. The molecule has 1 aromatic carbocycles. The monoisotopic (exact) mass is 361 g/mol. The van der Waals surface area contributed by atoms with Gasteiger partial charge in [-0.05, 0) is 20.8 Å². The van der Waals surface area contributed by atoms with Gasteiger partial charge in [-0.25, -0.2) is 14.6 Å². The van der Waals surface area contributed by atoms with Gasteiger partial charge < -0.3 is 10.1 Å². The summed E-state index contributed by atoms with van der Waals surface area (Å²) in [5.41, 5.74) is 1.01. The van der Waals surface area contributed by atoms with Crippen LogP contribution in [0.5, 0.6) is 0 Å². The lowest BCUT2D eigenvalue weighted by molar-refractivity contribution is -0.129. The van der Waals surface area contributed by atoms with Gasteiger partial charge >= 0.3 is 12.0 Å². The van der Waals surface area contributed by atoms with E-state index in [9.17, 15) is 14.4 Å². The van der Waals surface area contributed by atoms with Crippen molar-refractivity contribution in [1.29, 1.82) is 0 Å². The van der Waals surface area contributed by atoms with Crippen LogP contribution in [0.2, 0.25) is 0 Å². The van der Waals surface area contributed by atoms with Crippen LogP contribution in [0.1, 0.15) is 39.0 Å². The molecule has 2 N–H and O–H groups in total. The minimum Gasteiger partial charge on any atom is -0.443 e. The minimum absolute atomic E-state index is 0.337. The van der Waals surface area contributed by atoms with Crippen LogP contribution in [-0.2, 0) is 9.53 Å². The Balaban J connectivity index is 2.23. The maximum absolute atomic E-state index is 12.4. The summed E-state index contributed by atoms with van der Waals surface area (Å²) in [5.74, 6) is -1.37. The fraction of sp³-hybridized carbons (Fsp3) is 0.294. The Kier molecular flexibility index (Phi) is 6.24. The zero-order valence-corrected chi connectivity index (χ0v) is 15.0. The average molecular weight is 361 g/mol. The molecule has 0 unspecified atom stereocenters. The number of hydrogen-bond donors (Lipinski definition) is 2. The van der Waals surface area contributed by atoms with Gasteiger partial charge in [0.1, 0.15) is 4.88 Å². The van der Waals surface area contributed by atoms with Crippen molar-refractivity contribution in [3.63, 3.8) is 0 Å². The summed E-state index contributed by atoms with van der Waals surface area (Å²) < 4.78 is 5.40. The van der Waals surface area contributed by atoms with Gasteiger partial charge in [-0.1, -0.05) is 30.3 Å². The molecule has 132 valence electrons. The van der Waals surface area contributed by atoms with Crippen LogP contribution >= 0.6 is 11.3 Å². The van der Waals surface area contributed by atoms with Gasteiger partial charge in [-0.2, -0.15) is 0 Å². The summed E-state index contributed by atoms with van der Waals surface area (Å²) in [7, 11) is 0. The molecule has 0 saturated heterocycles. The highest BCUT2D eigenvalue weighted by molar-refractivity contribution is 7.13. The van der Waals surface area contributed by atoms with Gasteiger partial charge in [0, 0.05) is 12.1 Å². The Bertz CT molecular complexity index is 773. The molecule has 0 radical (unpaired) electrons. The maximum Gasteiger partial charge on any atom is 0.351 e. The van der Waals surface area contributed by atoms with Gasteiger partial charge in [0.2, 0.25) is 6.10 Å². The first-order valence-corrected chi connectivity index (χ1v) is 8.52. The Morgan fingerprint density at radius 3 is 2.44 bits per heavy atom. The maximum atomic E-state index is 12.4. The lowest BCUT2D eigenvalue weighted by atomic mass is 10.1.